The van der Waals surface area contributed by atoms with Gasteiger partial charge in [0.1, 0.15) is 11.5 Å². The molecule has 0 fully saturated rings. The van der Waals surface area contributed by atoms with Gasteiger partial charge in [0, 0.05) is 56.2 Å². The predicted molar refractivity (Wildman–Crippen MR) is 87.9 cm³/mol. The lowest BCUT2D eigenvalue weighted by Gasteiger charge is -2.11. The second-order valence-corrected chi connectivity index (χ2v) is 5.38. The van der Waals surface area contributed by atoms with Gasteiger partial charge < -0.3 is 14.5 Å². The van der Waals surface area contributed by atoms with E-state index in [4.69, 9.17) is 0 Å². The Hall–Kier alpha value is -2.89. The number of amides is 1. The molecule has 0 aliphatic carbocycles. The van der Waals surface area contributed by atoms with Crippen LogP contribution in [0.15, 0.2) is 49.1 Å². The Morgan fingerprint density at radius 3 is 2.83 bits per heavy atom. The highest BCUT2D eigenvalue weighted by molar-refractivity contribution is 5.92. The Balaban J connectivity index is 1.68. The minimum Gasteiger partial charge on any atom is -0.349 e. The predicted octanol–water partition coefficient (Wildman–Crippen LogP) is 2.02. The molecule has 0 atom stereocenters. The lowest BCUT2D eigenvalue weighted by atomic mass is 10.2. The number of carbonyl (C=O) groups excluding carboxylic acids is 1. The van der Waals surface area contributed by atoms with Crippen LogP contribution in [0.4, 0.5) is 0 Å². The summed E-state index contributed by atoms with van der Waals surface area (Å²) in [5.74, 6) is 0.793. The summed E-state index contributed by atoms with van der Waals surface area (Å²) in [5, 5.41) is 2.95. The zero-order chi connectivity index (χ0) is 16.2. The van der Waals surface area contributed by atoms with E-state index in [1.54, 1.807) is 23.0 Å². The van der Waals surface area contributed by atoms with Gasteiger partial charge in [-0.2, -0.15) is 0 Å². The van der Waals surface area contributed by atoms with Gasteiger partial charge in [0.2, 0.25) is 0 Å². The van der Waals surface area contributed by atoms with Crippen molar-refractivity contribution >= 4 is 5.91 Å². The Morgan fingerprint density at radius 1 is 1.26 bits per heavy atom. The summed E-state index contributed by atoms with van der Waals surface area (Å²) < 4.78 is 3.89. The minimum absolute atomic E-state index is 0.0711. The van der Waals surface area contributed by atoms with E-state index in [1.165, 1.54) is 0 Å². The average Bonchev–Trinajstić information content (AvgIpc) is 3.15. The highest BCUT2D eigenvalue weighted by Gasteiger charge is 2.11. The van der Waals surface area contributed by atoms with Gasteiger partial charge in [0.05, 0.1) is 0 Å². The molecule has 23 heavy (non-hydrogen) atoms. The van der Waals surface area contributed by atoms with Crippen molar-refractivity contribution in [3.05, 3.63) is 60.4 Å². The number of pyridine rings is 1. The van der Waals surface area contributed by atoms with Gasteiger partial charge in [-0.1, -0.05) is 0 Å². The van der Waals surface area contributed by atoms with Crippen LogP contribution in [0.25, 0.3) is 11.4 Å². The van der Waals surface area contributed by atoms with Crippen molar-refractivity contribution in [2.24, 2.45) is 7.05 Å². The molecule has 0 aliphatic rings. The molecule has 3 aromatic rings. The third-order valence-corrected chi connectivity index (χ3v) is 3.77. The number of rotatable bonds is 5. The molecule has 3 rings (SSSR count). The third kappa shape index (κ3) is 3.15. The van der Waals surface area contributed by atoms with E-state index < -0.39 is 0 Å². The summed E-state index contributed by atoms with van der Waals surface area (Å²) in [7, 11) is 1.86. The van der Waals surface area contributed by atoms with Gasteiger partial charge >= 0.3 is 0 Å². The molecule has 3 heterocycles. The fourth-order valence-corrected chi connectivity index (χ4v) is 2.54. The molecule has 1 amide bonds. The number of carbonyl (C=O) groups is 1. The first-order chi connectivity index (χ1) is 11.2. The molecule has 118 valence electrons. The minimum atomic E-state index is -0.0711. The van der Waals surface area contributed by atoms with E-state index in [2.05, 4.69) is 19.9 Å². The summed E-state index contributed by atoms with van der Waals surface area (Å²) in [6, 6.07) is 7.53. The van der Waals surface area contributed by atoms with Crippen molar-refractivity contribution in [3.8, 4) is 11.4 Å². The highest BCUT2D eigenvalue weighted by Crippen LogP contribution is 2.17. The lowest BCUT2D eigenvalue weighted by molar-refractivity contribution is 0.0944. The van der Waals surface area contributed by atoms with Crippen LogP contribution < -0.4 is 5.32 Å². The molecule has 6 nitrogen and oxygen atoms in total. The fourth-order valence-electron chi connectivity index (χ4n) is 2.54. The van der Waals surface area contributed by atoms with Crippen molar-refractivity contribution in [1.29, 1.82) is 0 Å². The number of hydrogen-bond donors (Lipinski definition) is 1. The number of aromatic nitrogens is 4. The molecule has 0 saturated carbocycles. The summed E-state index contributed by atoms with van der Waals surface area (Å²) in [4.78, 5) is 20.7. The van der Waals surface area contributed by atoms with E-state index in [1.807, 2.05) is 44.6 Å². The normalized spacial score (nSPS) is 10.7. The molecule has 3 aromatic heterocycles. The van der Waals surface area contributed by atoms with Crippen molar-refractivity contribution in [1.82, 2.24) is 24.4 Å². The number of aryl methyl sites for hydroxylation is 2. The van der Waals surface area contributed by atoms with Crippen LogP contribution in [-0.4, -0.2) is 31.6 Å². The third-order valence-electron chi connectivity index (χ3n) is 3.77. The molecule has 0 spiro atoms. The maximum Gasteiger partial charge on any atom is 0.267 e. The van der Waals surface area contributed by atoms with Crippen molar-refractivity contribution in [3.63, 3.8) is 0 Å². The number of hydrogen-bond acceptors (Lipinski definition) is 3. The van der Waals surface area contributed by atoms with Crippen molar-refractivity contribution in [2.75, 3.05) is 6.54 Å². The number of imidazole rings is 1. The van der Waals surface area contributed by atoms with E-state index in [0.29, 0.717) is 18.8 Å². The van der Waals surface area contributed by atoms with Gasteiger partial charge in [0.15, 0.2) is 0 Å². The first-order valence-corrected chi connectivity index (χ1v) is 7.49. The lowest BCUT2D eigenvalue weighted by Crippen LogP contribution is -2.29. The fraction of sp³-hybridized carbons (Fsp3) is 0.235. The first-order valence-electron chi connectivity index (χ1n) is 7.49. The Kier molecular flexibility index (Phi) is 4.23. The van der Waals surface area contributed by atoms with Gasteiger partial charge in [-0.3, -0.25) is 9.78 Å². The highest BCUT2D eigenvalue weighted by atomic mass is 16.1. The van der Waals surface area contributed by atoms with E-state index in [9.17, 15) is 4.79 Å². The topological polar surface area (TPSA) is 64.7 Å². The van der Waals surface area contributed by atoms with Crippen LogP contribution in [-0.2, 0) is 13.6 Å². The Morgan fingerprint density at radius 2 is 2.13 bits per heavy atom. The molecular weight excluding hydrogens is 290 g/mol. The summed E-state index contributed by atoms with van der Waals surface area (Å²) in [5.41, 5.74) is 2.67. The smallest absolute Gasteiger partial charge is 0.267 e. The van der Waals surface area contributed by atoms with Crippen molar-refractivity contribution in [2.45, 2.75) is 13.5 Å². The summed E-state index contributed by atoms with van der Waals surface area (Å²) >= 11 is 0. The van der Waals surface area contributed by atoms with E-state index >= 15 is 0 Å². The second kappa shape index (κ2) is 6.48. The summed E-state index contributed by atoms with van der Waals surface area (Å²) in [6.45, 7) is 3.20. The Bertz CT molecular complexity index is 804. The van der Waals surface area contributed by atoms with E-state index in [0.717, 1.165) is 17.1 Å². The van der Waals surface area contributed by atoms with Gasteiger partial charge in [-0.05, 0) is 31.2 Å². The molecule has 0 bridgehead atoms. The first kappa shape index (κ1) is 15.0. The molecule has 0 saturated heterocycles. The average molecular weight is 309 g/mol. The maximum atomic E-state index is 12.1. The molecular formula is C17H19N5O. The van der Waals surface area contributed by atoms with Crippen LogP contribution in [0.2, 0.25) is 0 Å². The molecule has 1 N–H and O–H groups in total. The second-order valence-electron chi connectivity index (χ2n) is 5.38. The molecule has 0 unspecified atom stereocenters. The largest absolute Gasteiger partial charge is 0.349 e. The SMILES string of the molecule is Cc1cnc(-c2cccnc2)n1CCNC(=O)c1cccn1C. The molecule has 0 aliphatic heterocycles. The summed E-state index contributed by atoms with van der Waals surface area (Å²) in [6.07, 6.45) is 7.22. The monoisotopic (exact) mass is 309 g/mol. The van der Waals surface area contributed by atoms with Crippen LogP contribution in [0.3, 0.4) is 0 Å². The van der Waals surface area contributed by atoms with Gasteiger partial charge in [-0.15, -0.1) is 0 Å². The van der Waals surface area contributed by atoms with E-state index in [-0.39, 0.29) is 5.91 Å². The Labute approximate surface area is 134 Å². The van der Waals surface area contributed by atoms with Crippen LogP contribution in [0.5, 0.6) is 0 Å². The van der Waals surface area contributed by atoms with Crippen molar-refractivity contribution < 1.29 is 4.79 Å². The quantitative estimate of drug-likeness (QED) is 0.784. The van der Waals surface area contributed by atoms with Crippen LogP contribution >= 0.6 is 0 Å². The molecule has 6 heteroatoms. The molecule has 0 radical (unpaired) electrons. The maximum absolute atomic E-state index is 12.1. The number of nitrogens with zero attached hydrogens (tertiary/aromatic N) is 4. The van der Waals surface area contributed by atoms with Crippen LogP contribution in [0, 0.1) is 6.92 Å². The zero-order valence-corrected chi connectivity index (χ0v) is 13.2. The number of nitrogens with one attached hydrogen (secondary N) is 1. The van der Waals surface area contributed by atoms with Gasteiger partial charge in [-0.25, -0.2) is 4.98 Å². The van der Waals surface area contributed by atoms with Crippen LogP contribution in [0.1, 0.15) is 16.2 Å². The zero-order valence-electron chi connectivity index (χ0n) is 13.2. The standard InChI is InChI=1S/C17H19N5O/c1-13-11-20-16(14-5-3-7-18-12-14)22(13)10-8-19-17(23)15-6-4-9-21(15)2/h3-7,9,11-12H,8,10H2,1-2H3,(H,19,23). The van der Waals surface area contributed by atoms with Gasteiger partial charge in [0.25, 0.3) is 5.91 Å². The molecule has 0 aromatic carbocycles.